The molecule has 0 aromatic heterocycles. The lowest BCUT2D eigenvalue weighted by molar-refractivity contribution is 0.123. The van der Waals surface area contributed by atoms with E-state index in [1.807, 2.05) is 0 Å². The van der Waals surface area contributed by atoms with Crippen LogP contribution < -0.4 is 0 Å². The topological polar surface area (TPSA) is 6.48 Å². The fourth-order valence-corrected chi connectivity index (χ4v) is 3.69. The molecule has 0 aliphatic carbocycles. The lowest BCUT2D eigenvalue weighted by Crippen LogP contribution is -2.41. The number of likely N-dealkylation sites (tertiary alicyclic amines) is 2. The van der Waals surface area contributed by atoms with E-state index in [0.29, 0.717) is 0 Å². The van der Waals surface area contributed by atoms with Crippen molar-refractivity contribution < 1.29 is 0 Å². The first-order valence-electron chi connectivity index (χ1n) is 9.41. The van der Waals surface area contributed by atoms with Gasteiger partial charge in [-0.1, -0.05) is 13.3 Å². The predicted octanol–water partition coefficient (Wildman–Crippen LogP) is 4.79. The van der Waals surface area contributed by atoms with Crippen molar-refractivity contribution in [1.82, 2.24) is 9.80 Å². The van der Waals surface area contributed by atoms with Crippen molar-refractivity contribution in [3.63, 3.8) is 0 Å². The molecule has 2 atom stereocenters. The van der Waals surface area contributed by atoms with E-state index in [2.05, 4.69) is 51.3 Å². The molecule has 2 unspecified atom stereocenters. The van der Waals surface area contributed by atoms with Crippen LogP contribution in [0.1, 0.15) is 80.1 Å². The van der Waals surface area contributed by atoms with E-state index in [1.165, 1.54) is 58.2 Å². The fourth-order valence-electron chi connectivity index (χ4n) is 3.69. The Kier molecular flexibility index (Phi) is 8.89. The van der Waals surface area contributed by atoms with Gasteiger partial charge in [0.2, 0.25) is 0 Å². The van der Waals surface area contributed by atoms with Crippen LogP contribution in [0.4, 0.5) is 0 Å². The van der Waals surface area contributed by atoms with Crippen molar-refractivity contribution >= 4 is 0 Å². The van der Waals surface area contributed by atoms with Crippen LogP contribution in [0.5, 0.6) is 0 Å². The van der Waals surface area contributed by atoms with Crippen LogP contribution in [-0.2, 0) is 0 Å². The van der Waals surface area contributed by atoms with Crippen LogP contribution in [0, 0.1) is 5.92 Å². The number of piperidine rings is 1. The summed E-state index contributed by atoms with van der Waals surface area (Å²) in [5, 5.41) is 0. The van der Waals surface area contributed by atoms with Gasteiger partial charge in [-0.05, 0) is 92.3 Å². The maximum atomic E-state index is 2.60. The highest BCUT2D eigenvalue weighted by Gasteiger charge is 2.19. The lowest BCUT2D eigenvalue weighted by atomic mass is 10.0. The maximum Gasteiger partial charge on any atom is 0.00696 e. The highest BCUT2D eigenvalue weighted by atomic mass is 15.2. The van der Waals surface area contributed by atoms with Gasteiger partial charge in [-0.3, -0.25) is 4.90 Å². The molecule has 126 valence electrons. The first-order valence-corrected chi connectivity index (χ1v) is 9.41. The highest BCUT2D eigenvalue weighted by Crippen LogP contribution is 2.18. The molecule has 0 saturated carbocycles. The van der Waals surface area contributed by atoms with E-state index in [9.17, 15) is 0 Å². The van der Waals surface area contributed by atoms with Crippen LogP contribution in [0.15, 0.2) is 0 Å². The van der Waals surface area contributed by atoms with Crippen molar-refractivity contribution in [2.45, 2.75) is 98.2 Å². The summed E-state index contributed by atoms with van der Waals surface area (Å²) in [5.41, 5.74) is 0. The van der Waals surface area contributed by atoms with Crippen molar-refractivity contribution in [2.24, 2.45) is 5.92 Å². The van der Waals surface area contributed by atoms with Crippen LogP contribution >= 0.6 is 0 Å². The van der Waals surface area contributed by atoms with E-state index in [0.717, 1.165) is 24.0 Å². The Bertz CT molecular complexity index is 262. The molecule has 2 saturated heterocycles. The Labute approximate surface area is 134 Å². The van der Waals surface area contributed by atoms with Gasteiger partial charge in [0.15, 0.2) is 0 Å². The monoisotopic (exact) mass is 296 g/mol. The zero-order valence-electron chi connectivity index (χ0n) is 15.6. The second-order valence-corrected chi connectivity index (χ2v) is 7.84. The summed E-state index contributed by atoms with van der Waals surface area (Å²) in [4.78, 5) is 5.20. The number of rotatable bonds is 2. The fraction of sp³-hybridized carbons (Fsp3) is 1.00. The second-order valence-electron chi connectivity index (χ2n) is 7.84. The molecule has 0 aromatic carbocycles. The first-order chi connectivity index (χ1) is 9.91. The molecular weight excluding hydrogens is 256 g/mol. The molecule has 21 heavy (non-hydrogen) atoms. The average molecular weight is 297 g/mol. The Morgan fingerprint density at radius 2 is 1.43 bits per heavy atom. The summed E-state index contributed by atoms with van der Waals surface area (Å²) in [5.74, 6) is 0.957. The molecule has 2 heterocycles. The average Bonchev–Trinajstić information content (AvgIpc) is 2.64. The van der Waals surface area contributed by atoms with Gasteiger partial charge in [0.25, 0.3) is 0 Å². The molecule has 2 fully saturated rings. The second kappa shape index (κ2) is 9.84. The van der Waals surface area contributed by atoms with Crippen LogP contribution in [-0.4, -0.2) is 47.6 Å². The quantitative estimate of drug-likeness (QED) is 0.723. The normalized spacial score (nSPS) is 29.1. The summed E-state index contributed by atoms with van der Waals surface area (Å²) < 4.78 is 0. The highest BCUT2D eigenvalue weighted by molar-refractivity contribution is 4.75. The summed E-state index contributed by atoms with van der Waals surface area (Å²) in [7, 11) is 0. The zero-order valence-corrected chi connectivity index (χ0v) is 15.6. The maximum absolute atomic E-state index is 2.60. The standard InChI is InChI=1S/C10H21N.C9H19N/c1-9(2)11-7-4-5-10(3)6-8-11;1-8(2)10-7-5-4-6-9(10)3/h9-10H,4-8H2,1-3H3;8-9H,4-7H2,1-3H3. The molecule has 0 aromatic rings. The zero-order chi connectivity index (χ0) is 15.8. The molecule has 0 amide bonds. The summed E-state index contributed by atoms with van der Waals surface area (Å²) in [6.45, 7) is 17.9. The van der Waals surface area contributed by atoms with Crippen molar-refractivity contribution in [1.29, 1.82) is 0 Å². The van der Waals surface area contributed by atoms with E-state index in [-0.39, 0.29) is 0 Å². The van der Waals surface area contributed by atoms with Gasteiger partial charge >= 0.3 is 0 Å². The molecule has 0 spiro atoms. The number of hydrogen-bond donors (Lipinski definition) is 0. The van der Waals surface area contributed by atoms with Crippen LogP contribution in [0.2, 0.25) is 0 Å². The Balaban J connectivity index is 0.000000211. The Hall–Kier alpha value is -0.0800. The third kappa shape index (κ3) is 7.15. The molecule has 2 nitrogen and oxygen atoms in total. The van der Waals surface area contributed by atoms with Crippen molar-refractivity contribution in [3.05, 3.63) is 0 Å². The molecular formula is C19H40N2. The third-order valence-corrected chi connectivity index (χ3v) is 5.30. The van der Waals surface area contributed by atoms with Crippen LogP contribution in [0.3, 0.4) is 0 Å². The Morgan fingerprint density at radius 1 is 0.714 bits per heavy atom. The molecule has 2 heteroatoms. The SMILES string of the molecule is CC(C)N1CCCCC1C.CC1CCCN(C(C)C)CC1. The summed E-state index contributed by atoms with van der Waals surface area (Å²) in [6.07, 6.45) is 8.48. The van der Waals surface area contributed by atoms with Gasteiger partial charge < -0.3 is 4.90 Å². The molecule has 2 aliphatic heterocycles. The van der Waals surface area contributed by atoms with Crippen LogP contribution in [0.25, 0.3) is 0 Å². The molecule has 0 N–H and O–H groups in total. The minimum absolute atomic E-state index is 0.746. The van der Waals surface area contributed by atoms with Crippen molar-refractivity contribution in [3.8, 4) is 0 Å². The Morgan fingerprint density at radius 3 is 1.95 bits per heavy atom. The minimum Gasteiger partial charge on any atom is -0.301 e. The van der Waals surface area contributed by atoms with E-state index in [1.54, 1.807) is 0 Å². The van der Waals surface area contributed by atoms with Crippen molar-refractivity contribution in [2.75, 3.05) is 19.6 Å². The van der Waals surface area contributed by atoms with E-state index >= 15 is 0 Å². The first kappa shape index (κ1) is 19.0. The van der Waals surface area contributed by atoms with Gasteiger partial charge in [-0.25, -0.2) is 0 Å². The van der Waals surface area contributed by atoms with Gasteiger partial charge in [0.1, 0.15) is 0 Å². The largest absolute Gasteiger partial charge is 0.301 e. The van der Waals surface area contributed by atoms with E-state index < -0.39 is 0 Å². The predicted molar refractivity (Wildman–Crippen MR) is 94.9 cm³/mol. The molecule has 2 aliphatic rings. The van der Waals surface area contributed by atoms with Gasteiger partial charge in [0.05, 0.1) is 0 Å². The van der Waals surface area contributed by atoms with E-state index in [4.69, 9.17) is 0 Å². The van der Waals surface area contributed by atoms with Gasteiger partial charge in [-0.2, -0.15) is 0 Å². The van der Waals surface area contributed by atoms with Gasteiger partial charge in [0, 0.05) is 18.1 Å². The molecule has 0 bridgehead atoms. The number of hydrogen-bond acceptors (Lipinski definition) is 2. The van der Waals surface area contributed by atoms with Gasteiger partial charge in [-0.15, -0.1) is 0 Å². The summed E-state index contributed by atoms with van der Waals surface area (Å²) >= 11 is 0. The lowest BCUT2D eigenvalue weighted by Gasteiger charge is -2.36. The third-order valence-electron chi connectivity index (χ3n) is 5.30. The summed E-state index contributed by atoms with van der Waals surface area (Å²) in [6, 6.07) is 2.32. The molecule has 2 rings (SSSR count). The smallest absolute Gasteiger partial charge is 0.00696 e. The number of nitrogens with zero attached hydrogens (tertiary/aromatic N) is 2. The minimum atomic E-state index is 0.746. The molecule has 0 radical (unpaired) electrons.